The number of hydrogen-bond donors (Lipinski definition) is 0. The van der Waals surface area contributed by atoms with Crippen molar-refractivity contribution in [3.8, 4) is 0 Å². The number of carbonyl (C=O) groups is 1. The molecule has 0 radical (unpaired) electrons. The first-order valence-corrected chi connectivity index (χ1v) is 13.2. The van der Waals surface area contributed by atoms with E-state index in [1.165, 1.54) is 4.31 Å². The molecule has 1 aliphatic heterocycles. The molecule has 1 aromatic heterocycles. The largest absolute Gasteiger partial charge is 0.368 e. The molecule has 2 aromatic carbocycles. The average molecular weight is 517 g/mol. The Bertz CT molecular complexity index is 1290. The monoisotopic (exact) mass is 516 g/mol. The summed E-state index contributed by atoms with van der Waals surface area (Å²) in [6.45, 7) is 8.91. The number of aryl methyl sites for hydroxylation is 4. The van der Waals surface area contributed by atoms with Crippen LogP contribution < -0.4 is 9.21 Å². The maximum Gasteiger partial charge on any atom is 0.270 e. The summed E-state index contributed by atoms with van der Waals surface area (Å²) in [5.41, 5.74) is 3.56. The van der Waals surface area contributed by atoms with E-state index in [4.69, 9.17) is 16.1 Å². The summed E-state index contributed by atoms with van der Waals surface area (Å²) < 4.78 is 33.9. The van der Waals surface area contributed by atoms with Crippen LogP contribution in [-0.2, 0) is 14.8 Å². The number of rotatable bonds is 6. The summed E-state index contributed by atoms with van der Waals surface area (Å²) in [6, 6.07) is 13.1. The zero-order valence-electron chi connectivity index (χ0n) is 20.3. The highest BCUT2D eigenvalue weighted by molar-refractivity contribution is 7.93. The fraction of sp³-hybridized carbons (Fsp3) is 0.360. The Morgan fingerprint density at radius 3 is 2.14 bits per heavy atom. The van der Waals surface area contributed by atoms with Gasteiger partial charge in [-0.05, 0) is 75.2 Å². The highest BCUT2D eigenvalue weighted by Crippen LogP contribution is 2.29. The lowest BCUT2D eigenvalue weighted by Gasteiger charge is -2.37. The molecule has 0 aliphatic carbocycles. The second-order valence-electron chi connectivity index (χ2n) is 8.86. The number of halogens is 1. The van der Waals surface area contributed by atoms with Crippen LogP contribution in [0.25, 0.3) is 0 Å². The van der Waals surface area contributed by atoms with E-state index in [1.54, 1.807) is 30.9 Å². The summed E-state index contributed by atoms with van der Waals surface area (Å²) in [4.78, 5) is 17.3. The topological polar surface area (TPSA) is 87.0 Å². The van der Waals surface area contributed by atoms with Crippen molar-refractivity contribution in [2.45, 2.75) is 32.6 Å². The molecule has 0 unspecified atom stereocenters. The van der Waals surface area contributed by atoms with Crippen molar-refractivity contribution in [1.82, 2.24) is 10.1 Å². The van der Waals surface area contributed by atoms with Gasteiger partial charge in [-0.2, -0.15) is 0 Å². The lowest BCUT2D eigenvalue weighted by Crippen LogP contribution is -2.52. The first-order valence-electron chi connectivity index (χ1n) is 11.4. The first-order chi connectivity index (χ1) is 16.6. The third-order valence-corrected chi connectivity index (χ3v) is 8.38. The molecular formula is C25H29ClN4O4S. The van der Waals surface area contributed by atoms with Crippen LogP contribution >= 0.6 is 11.6 Å². The summed E-state index contributed by atoms with van der Waals surface area (Å²) in [7, 11) is -4.09. The van der Waals surface area contributed by atoms with Gasteiger partial charge in [0.25, 0.3) is 10.0 Å². The van der Waals surface area contributed by atoms with Crippen molar-refractivity contribution in [3.05, 3.63) is 70.1 Å². The molecule has 3 aromatic rings. The van der Waals surface area contributed by atoms with Crippen molar-refractivity contribution in [1.29, 1.82) is 0 Å². The van der Waals surface area contributed by atoms with Gasteiger partial charge in [0, 0.05) is 36.9 Å². The molecule has 0 bridgehead atoms. The van der Waals surface area contributed by atoms with Crippen LogP contribution in [0.5, 0.6) is 0 Å². The van der Waals surface area contributed by atoms with E-state index in [2.05, 4.69) is 10.1 Å². The third kappa shape index (κ3) is 5.31. The van der Waals surface area contributed by atoms with Crippen LogP contribution in [0.3, 0.4) is 0 Å². The van der Waals surface area contributed by atoms with E-state index in [1.807, 2.05) is 44.2 Å². The Morgan fingerprint density at radius 2 is 1.60 bits per heavy atom. The van der Waals surface area contributed by atoms with E-state index in [9.17, 15) is 13.2 Å². The minimum absolute atomic E-state index is 0.00276. The van der Waals surface area contributed by atoms with Gasteiger partial charge >= 0.3 is 0 Å². The molecule has 0 atom stereocenters. The number of piperazine rings is 1. The van der Waals surface area contributed by atoms with Crippen molar-refractivity contribution in [2.75, 3.05) is 41.9 Å². The number of carbonyl (C=O) groups excluding carboxylic acids is 1. The summed E-state index contributed by atoms with van der Waals surface area (Å²) in [6.07, 6.45) is 0. The van der Waals surface area contributed by atoms with Crippen LogP contribution in [-0.4, -0.2) is 57.1 Å². The molecule has 1 saturated heterocycles. The standard InChI is InChI=1S/C25H29ClN4O4S/c1-17-13-18(2)15-23(14-17)30(35(32,33)25-19(3)27-34-20(25)4)16-24(31)29-11-9-28(10-12-29)22-7-5-21(26)6-8-22/h5-8,13-15H,9-12,16H2,1-4H3. The van der Waals surface area contributed by atoms with Gasteiger partial charge in [0.15, 0.2) is 10.7 Å². The van der Waals surface area contributed by atoms with E-state index < -0.39 is 10.0 Å². The molecular weight excluding hydrogens is 488 g/mol. The molecule has 8 nitrogen and oxygen atoms in total. The van der Waals surface area contributed by atoms with Gasteiger partial charge in [-0.3, -0.25) is 9.10 Å². The second-order valence-corrected chi connectivity index (χ2v) is 11.1. The van der Waals surface area contributed by atoms with Crippen LogP contribution in [0.15, 0.2) is 51.9 Å². The van der Waals surface area contributed by atoms with Gasteiger partial charge in [0.1, 0.15) is 12.2 Å². The normalized spacial score (nSPS) is 14.3. The lowest BCUT2D eigenvalue weighted by atomic mass is 10.1. The molecule has 0 spiro atoms. The fourth-order valence-corrected chi connectivity index (χ4v) is 6.27. The smallest absolute Gasteiger partial charge is 0.270 e. The minimum Gasteiger partial charge on any atom is -0.368 e. The zero-order chi connectivity index (χ0) is 25.3. The number of hydrogen-bond acceptors (Lipinski definition) is 6. The predicted octanol–water partition coefficient (Wildman–Crippen LogP) is 4.11. The lowest BCUT2D eigenvalue weighted by molar-refractivity contribution is -0.129. The van der Waals surface area contributed by atoms with Gasteiger partial charge in [-0.1, -0.05) is 22.8 Å². The third-order valence-electron chi connectivity index (χ3n) is 6.11. The van der Waals surface area contributed by atoms with Gasteiger partial charge in [0.2, 0.25) is 5.91 Å². The minimum atomic E-state index is -4.09. The predicted molar refractivity (Wildman–Crippen MR) is 137 cm³/mol. The van der Waals surface area contributed by atoms with E-state index in [-0.39, 0.29) is 28.8 Å². The van der Waals surface area contributed by atoms with Crippen LogP contribution in [0.4, 0.5) is 11.4 Å². The first kappa shape index (κ1) is 25.1. The maximum atomic E-state index is 13.8. The van der Waals surface area contributed by atoms with E-state index in [0.29, 0.717) is 36.9 Å². The molecule has 4 rings (SSSR count). The number of aromatic nitrogens is 1. The zero-order valence-corrected chi connectivity index (χ0v) is 21.9. The van der Waals surface area contributed by atoms with Crippen molar-refractivity contribution < 1.29 is 17.7 Å². The summed E-state index contributed by atoms with van der Waals surface area (Å²) >= 11 is 5.99. The van der Waals surface area contributed by atoms with Crippen LogP contribution in [0, 0.1) is 27.7 Å². The summed E-state index contributed by atoms with van der Waals surface area (Å²) in [5, 5.41) is 4.49. The van der Waals surface area contributed by atoms with Gasteiger partial charge in [-0.25, -0.2) is 8.42 Å². The molecule has 0 N–H and O–H groups in total. The Kier molecular flexibility index (Phi) is 7.10. The number of amides is 1. The number of nitrogens with zero attached hydrogens (tertiary/aromatic N) is 4. The second kappa shape index (κ2) is 9.91. The van der Waals surface area contributed by atoms with Gasteiger partial charge < -0.3 is 14.3 Å². The van der Waals surface area contributed by atoms with E-state index in [0.717, 1.165) is 16.8 Å². The maximum absolute atomic E-state index is 13.8. The number of benzene rings is 2. The average Bonchev–Trinajstić information content (AvgIpc) is 3.15. The SMILES string of the molecule is Cc1cc(C)cc(N(CC(=O)N2CCN(c3ccc(Cl)cc3)CC2)S(=O)(=O)c2c(C)noc2C)c1. The van der Waals surface area contributed by atoms with E-state index >= 15 is 0 Å². The molecule has 1 amide bonds. The number of sulfonamides is 1. The van der Waals surface area contributed by atoms with Crippen molar-refractivity contribution in [3.63, 3.8) is 0 Å². The molecule has 2 heterocycles. The Labute approximate surface area is 211 Å². The Hall–Kier alpha value is -3.04. The van der Waals surface area contributed by atoms with Crippen LogP contribution in [0.1, 0.15) is 22.6 Å². The molecule has 10 heteroatoms. The molecule has 0 saturated carbocycles. The summed E-state index contributed by atoms with van der Waals surface area (Å²) in [5.74, 6) is -0.0591. The van der Waals surface area contributed by atoms with Gasteiger partial charge in [0.05, 0.1) is 5.69 Å². The van der Waals surface area contributed by atoms with Gasteiger partial charge in [-0.15, -0.1) is 0 Å². The van der Waals surface area contributed by atoms with Crippen molar-refractivity contribution >= 4 is 38.9 Å². The molecule has 186 valence electrons. The highest BCUT2D eigenvalue weighted by Gasteiger charge is 2.34. The fourth-order valence-electron chi connectivity index (χ4n) is 4.45. The quantitative estimate of drug-likeness (QED) is 0.490. The Morgan fingerprint density at radius 1 is 1.00 bits per heavy atom. The molecule has 1 aliphatic rings. The van der Waals surface area contributed by atoms with Crippen molar-refractivity contribution in [2.24, 2.45) is 0 Å². The molecule has 35 heavy (non-hydrogen) atoms. The Balaban J connectivity index is 1.58. The van der Waals surface area contributed by atoms with Crippen LogP contribution in [0.2, 0.25) is 5.02 Å². The number of anilines is 2. The molecule has 1 fully saturated rings. The highest BCUT2D eigenvalue weighted by atomic mass is 35.5.